The summed E-state index contributed by atoms with van der Waals surface area (Å²) in [7, 11) is 0. The van der Waals surface area contributed by atoms with Gasteiger partial charge in [0, 0.05) is 5.02 Å². The highest BCUT2D eigenvalue weighted by molar-refractivity contribution is 6.36. The standard InChI is InChI=1S/C18H18Cl2N2O3/c1-11(2)10-25-16-6-4-3-5-14(16)18(24)22-21-17(23)13-8-7-12(19)9-15(13)20/h3-9,11H,10H2,1-2H3,(H,21,23)(H,22,24). The SMILES string of the molecule is CC(C)COc1ccccc1C(=O)NNC(=O)c1ccc(Cl)cc1Cl. The molecule has 2 rings (SSSR count). The quantitative estimate of drug-likeness (QED) is 0.767. The normalized spacial score (nSPS) is 10.4. The van der Waals surface area contributed by atoms with Crippen LogP contribution in [-0.2, 0) is 0 Å². The molecule has 0 unspecified atom stereocenters. The van der Waals surface area contributed by atoms with E-state index in [0.717, 1.165) is 0 Å². The van der Waals surface area contributed by atoms with Crippen LogP contribution in [-0.4, -0.2) is 18.4 Å². The highest BCUT2D eigenvalue weighted by Gasteiger charge is 2.15. The molecule has 0 atom stereocenters. The van der Waals surface area contributed by atoms with Crippen LogP contribution >= 0.6 is 23.2 Å². The Labute approximate surface area is 156 Å². The van der Waals surface area contributed by atoms with Crippen molar-refractivity contribution >= 4 is 35.0 Å². The third kappa shape index (κ3) is 5.37. The first-order chi connectivity index (χ1) is 11.9. The molecular formula is C18H18Cl2N2O3. The van der Waals surface area contributed by atoms with Gasteiger partial charge in [-0.2, -0.15) is 0 Å². The van der Waals surface area contributed by atoms with Gasteiger partial charge in [-0.1, -0.05) is 49.2 Å². The summed E-state index contributed by atoms with van der Waals surface area (Å²) in [6.07, 6.45) is 0. The molecule has 5 nitrogen and oxygen atoms in total. The van der Waals surface area contributed by atoms with Gasteiger partial charge in [0.1, 0.15) is 5.75 Å². The summed E-state index contributed by atoms with van der Waals surface area (Å²) in [5.41, 5.74) is 5.21. The lowest BCUT2D eigenvalue weighted by atomic mass is 10.2. The zero-order chi connectivity index (χ0) is 18.4. The van der Waals surface area contributed by atoms with Crippen molar-refractivity contribution in [3.8, 4) is 5.75 Å². The maximum atomic E-state index is 12.3. The van der Waals surface area contributed by atoms with Gasteiger partial charge in [-0.25, -0.2) is 0 Å². The molecule has 0 radical (unpaired) electrons. The fourth-order valence-electron chi connectivity index (χ4n) is 1.96. The van der Waals surface area contributed by atoms with E-state index < -0.39 is 11.8 Å². The fourth-order valence-corrected chi connectivity index (χ4v) is 2.45. The number of hydrogen-bond donors (Lipinski definition) is 2. The molecule has 2 aromatic carbocycles. The first-order valence-electron chi connectivity index (χ1n) is 7.66. The molecule has 0 aliphatic carbocycles. The second-order valence-electron chi connectivity index (χ2n) is 5.73. The highest BCUT2D eigenvalue weighted by Crippen LogP contribution is 2.21. The minimum Gasteiger partial charge on any atom is -0.492 e. The molecule has 7 heteroatoms. The van der Waals surface area contributed by atoms with Gasteiger partial charge in [0.25, 0.3) is 11.8 Å². The van der Waals surface area contributed by atoms with Crippen LogP contribution in [0.2, 0.25) is 10.0 Å². The summed E-state index contributed by atoms with van der Waals surface area (Å²) in [6.45, 7) is 4.51. The number of hydrogen-bond acceptors (Lipinski definition) is 3. The van der Waals surface area contributed by atoms with E-state index in [4.69, 9.17) is 27.9 Å². The van der Waals surface area contributed by atoms with Crippen LogP contribution in [0.1, 0.15) is 34.6 Å². The van der Waals surface area contributed by atoms with Crippen LogP contribution in [0, 0.1) is 5.92 Å². The third-order valence-corrected chi connectivity index (χ3v) is 3.72. The number of hydrazine groups is 1. The van der Waals surface area contributed by atoms with E-state index in [1.54, 1.807) is 30.3 Å². The molecule has 0 saturated carbocycles. The second kappa shape index (κ2) is 8.74. The zero-order valence-corrected chi connectivity index (χ0v) is 15.3. The first-order valence-corrected chi connectivity index (χ1v) is 8.41. The molecule has 2 aromatic rings. The zero-order valence-electron chi connectivity index (χ0n) is 13.8. The summed E-state index contributed by atoms with van der Waals surface area (Å²) in [5.74, 6) is -0.260. The maximum Gasteiger partial charge on any atom is 0.273 e. The number of halogens is 2. The minimum atomic E-state index is -0.546. The molecule has 0 bridgehead atoms. The summed E-state index contributed by atoms with van der Waals surface area (Å²) in [4.78, 5) is 24.5. The van der Waals surface area contributed by atoms with Gasteiger partial charge < -0.3 is 4.74 Å². The lowest BCUT2D eigenvalue weighted by Crippen LogP contribution is -2.41. The van der Waals surface area contributed by atoms with Crippen molar-refractivity contribution in [2.45, 2.75) is 13.8 Å². The Hall–Kier alpha value is -2.24. The molecule has 0 heterocycles. The molecule has 0 fully saturated rings. The largest absolute Gasteiger partial charge is 0.492 e. The Bertz CT molecular complexity index is 779. The number of benzene rings is 2. The lowest BCUT2D eigenvalue weighted by molar-refractivity contribution is 0.0844. The van der Waals surface area contributed by atoms with Gasteiger partial charge in [-0.3, -0.25) is 20.4 Å². The summed E-state index contributed by atoms with van der Waals surface area (Å²) < 4.78 is 5.63. The molecule has 2 N–H and O–H groups in total. The highest BCUT2D eigenvalue weighted by atomic mass is 35.5. The predicted molar refractivity (Wildman–Crippen MR) is 98.2 cm³/mol. The van der Waals surface area contributed by atoms with Crippen LogP contribution in [0.25, 0.3) is 0 Å². The smallest absolute Gasteiger partial charge is 0.273 e. The molecule has 25 heavy (non-hydrogen) atoms. The van der Waals surface area contributed by atoms with Crippen LogP contribution in [0.3, 0.4) is 0 Å². The van der Waals surface area contributed by atoms with Crippen LogP contribution in [0.4, 0.5) is 0 Å². The second-order valence-corrected chi connectivity index (χ2v) is 6.58. The van der Waals surface area contributed by atoms with E-state index in [0.29, 0.717) is 28.9 Å². The summed E-state index contributed by atoms with van der Waals surface area (Å²) >= 11 is 11.8. The summed E-state index contributed by atoms with van der Waals surface area (Å²) in [6, 6.07) is 11.3. The van der Waals surface area contributed by atoms with Gasteiger partial charge in [0.05, 0.1) is 22.8 Å². The number of amides is 2. The number of nitrogens with one attached hydrogen (secondary N) is 2. The molecule has 0 spiro atoms. The monoisotopic (exact) mass is 380 g/mol. The van der Waals surface area contributed by atoms with E-state index in [1.165, 1.54) is 12.1 Å². The van der Waals surface area contributed by atoms with E-state index in [1.807, 2.05) is 13.8 Å². The molecule has 0 saturated heterocycles. The van der Waals surface area contributed by atoms with Crippen molar-refractivity contribution in [2.24, 2.45) is 5.92 Å². The van der Waals surface area contributed by atoms with Gasteiger partial charge in [0.15, 0.2) is 0 Å². The van der Waals surface area contributed by atoms with Crippen molar-refractivity contribution in [1.82, 2.24) is 10.9 Å². The van der Waals surface area contributed by atoms with E-state index in [2.05, 4.69) is 10.9 Å². The number of ether oxygens (including phenoxy) is 1. The van der Waals surface area contributed by atoms with E-state index in [-0.39, 0.29) is 10.6 Å². The third-order valence-electron chi connectivity index (χ3n) is 3.17. The van der Waals surface area contributed by atoms with E-state index in [9.17, 15) is 9.59 Å². The molecule has 2 amide bonds. The lowest BCUT2D eigenvalue weighted by Gasteiger charge is -2.13. The van der Waals surface area contributed by atoms with Crippen LogP contribution in [0.5, 0.6) is 5.75 Å². The van der Waals surface area contributed by atoms with Crippen molar-refractivity contribution in [3.63, 3.8) is 0 Å². The number of carbonyl (C=O) groups is 2. The molecule has 132 valence electrons. The average molecular weight is 381 g/mol. The number of para-hydroxylation sites is 1. The van der Waals surface area contributed by atoms with Crippen LogP contribution in [0.15, 0.2) is 42.5 Å². The first kappa shape index (κ1) is 19.1. The van der Waals surface area contributed by atoms with Gasteiger partial charge in [-0.05, 0) is 36.2 Å². The fraction of sp³-hybridized carbons (Fsp3) is 0.222. The number of rotatable bonds is 5. The molecular weight excluding hydrogens is 363 g/mol. The number of carbonyl (C=O) groups excluding carboxylic acids is 2. The predicted octanol–water partition coefficient (Wildman–Crippen LogP) is 4.10. The topological polar surface area (TPSA) is 67.4 Å². The van der Waals surface area contributed by atoms with Gasteiger partial charge >= 0.3 is 0 Å². The van der Waals surface area contributed by atoms with Crippen molar-refractivity contribution in [3.05, 3.63) is 63.6 Å². The Kier molecular flexibility index (Phi) is 6.67. The Morgan fingerprint density at radius 1 is 1.00 bits per heavy atom. The minimum absolute atomic E-state index is 0.194. The molecule has 0 aliphatic heterocycles. The Morgan fingerprint density at radius 3 is 2.28 bits per heavy atom. The summed E-state index contributed by atoms with van der Waals surface area (Å²) in [5, 5.41) is 0.613. The van der Waals surface area contributed by atoms with Crippen molar-refractivity contribution < 1.29 is 14.3 Å². The van der Waals surface area contributed by atoms with Gasteiger partial charge in [-0.15, -0.1) is 0 Å². The van der Waals surface area contributed by atoms with Gasteiger partial charge in [0.2, 0.25) is 0 Å². The van der Waals surface area contributed by atoms with E-state index >= 15 is 0 Å². The Morgan fingerprint density at radius 2 is 1.64 bits per heavy atom. The molecule has 0 aromatic heterocycles. The average Bonchev–Trinajstić information content (AvgIpc) is 2.57. The van der Waals surface area contributed by atoms with Crippen LogP contribution < -0.4 is 15.6 Å². The van der Waals surface area contributed by atoms with Crippen molar-refractivity contribution in [1.29, 1.82) is 0 Å². The maximum absolute atomic E-state index is 12.3. The molecule has 0 aliphatic rings. The van der Waals surface area contributed by atoms with Crippen molar-refractivity contribution in [2.75, 3.05) is 6.61 Å². The Balaban J connectivity index is 2.04.